The average Bonchev–Trinajstić information content (AvgIpc) is 2.36. The number of fused-ring (bicyclic) bond motifs is 1. The maximum atomic E-state index is 11.9. The first kappa shape index (κ1) is 11.1. The Kier molecular flexibility index (Phi) is 2.79. The number of rotatable bonds is 2. The molecule has 86 valence electrons. The Balaban J connectivity index is 2.87. The zero-order valence-corrected chi connectivity index (χ0v) is 9.38. The van der Waals surface area contributed by atoms with Gasteiger partial charge < -0.3 is 0 Å². The highest BCUT2D eigenvalue weighted by molar-refractivity contribution is 5.77. The normalized spacial score (nSPS) is 10.4. The molecular formula is C12H11N3O2. The number of aryl methyl sites for hydroxylation is 1. The van der Waals surface area contributed by atoms with Crippen molar-refractivity contribution in [1.29, 1.82) is 5.26 Å². The van der Waals surface area contributed by atoms with Crippen LogP contribution in [0.25, 0.3) is 10.9 Å². The molecule has 0 saturated carbocycles. The summed E-state index contributed by atoms with van der Waals surface area (Å²) in [5, 5.41) is 9.07. The van der Waals surface area contributed by atoms with E-state index in [-0.39, 0.29) is 17.7 Å². The molecule has 2 aromatic rings. The monoisotopic (exact) mass is 229 g/mol. The minimum absolute atomic E-state index is 0.238. The number of aromatic nitrogens is 2. The van der Waals surface area contributed by atoms with Crippen molar-refractivity contribution in [2.24, 2.45) is 7.05 Å². The third-order valence-electron chi connectivity index (χ3n) is 2.69. The summed E-state index contributed by atoms with van der Waals surface area (Å²) >= 11 is 0. The highest BCUT2D eigenvalue weighted by atomic mass is 16.2. The summed E-state index contributed by atoms with van der Waals surface area (Å²) in [6, 6.07) is 8.91. The van der Waals surface area contributed by atoms with E-state index in [1.54, 1.807) is 24.3 Å². The molecule has 0 aliphatic heterocycles. The van der Waals surface area contributed by atoms with E-state index >= 15 is 0 Å². The fraction of sp³-hybridized carbons (Fsp3) is 0.250. The summed E-state index contributed by atoms with van der Waals surface area (Å²) < 4.78 is 2.53. The first-order chi connectivity index (χ1) is 8.16. The second-order valence-electron chi connectivity index (χ2n) is 3.72. The molecule has 5 heteroatoms. The molecule has 2 rings (SSSR count). The van der Waals surface area contributed by atoms with Crippen LogP contribution in [0.1, 0.15) is 6.42 Å². The van der Waals surface area contributed by atoms with Crippen LogP contribution in [0, 0.1) is 11.3 Å². The molecular weight excluding hydrogens is 218 g/mol. The van der Waals surface area contributed by atoms with Crippen LogP contribution in [0.5, 0.6) is 0 Å². The van der Waals surface area contributed by atoms with Crippen molar-refractivity contribution >= 4 is 10.9 Å². The fourth-order valence-corrected chi connectivity index (χ4v) is 1.82. The van der Waals surface area contributed by atoms with Crippen molar-refractivity contribution < 1.29 is 0 Å². The van der Waals surface area contributed by atoms with E-state index in [2.05, 4.69) is 0 Å². The topological polar surface area (TPSA) is 67.8 Å². The molecule has 1 aromatic carbocycles. The van der Waals surface area contributed by atoms with Gasteiger partial charge in [-0.25, -0.2) is 4.79 Å². The van der Waals surface area contributed by atoms with Crippen molar-refractivity contribution in [3.8, 4) is 6.07 Å². The number of para-hydroxylation sites is 1. The Hall–Kier alpha value is -2.35. The predicted molar refractivity (Wildman–Crippen MR) is 63.7 cm³/mol. The second-order valence-corrected chi connectivity index (χ2v) is 3.72. The third-order valence-corrected chi connectivity index (χ3v) is 2.69. The minimum Gasteiger partial charge on any atom is -0.292 e. The van der Waals surface area contributed by atoms with Gasteiger partial charge in [-0.1, -0.05) is 12.1 Å². The number of hydrogen-bond donors (Lipinski definition) is 0. The summed E-state index contributed by atoms with van der Waals surface area (Å²) in [7, 11) is 1.44. The van der Waals surface area contributed by atoms with Crippen molar-refractivity contribution in [2.75, 3.05) is 0 Å². The molecule has 0 radical (unpaired) electrons. The van der Waals surface area contributed by atoms with Gasteiger partial charge in [0.05, 0.1) is 23.4 Å². The third kappa shape index (κ3) is 1.74. The lowest BCUT2D eigenvalue weighted by atomic mass is 10.2. The Bertz CT molecular complexity index is 719. The molecule has 0 aliphatic carbocycles. The SMILES string of the molecule is Cn1c(=O)c2ccccc2n(CCC#N)c1=O. The van der Waals surface area contributed by atoms with Gasteiger partial charge in [0.25, 0.3) is 5.56 Å². The highest BCUT2D eigenvalue weighted by Gasteiger charge is 2.09. The average molecular weight is 229 g/mol. The summed E-state index contributed by atoms with van der Waals surface area (Å²) in [5.41, 5.74) is -0.112. The van der Waals surface area contributed by atoms with Gasteiger partial charge in [-0.3, -0.25) is 13.9 Å². The summed E-state index contributed by atoms with van der Waals surface area (Å²) in [6.45, 7) is 0.296. The lowest BCUT2D eigenvalue weighted by Crippen LogP contribution is -2.38. The first-order valence-electron chi connectivity index (χ1n) is 5.22. The van der Waals surface area contributed by atoms with Gasteiger partial charge in [0.1, 0.15) is 0 Å². The molecule has 0 atom stereocenters. The van der Waals surface area contributed by atoms with E-state index in [0.29, 0.717) is 17.4 Å². The molecule has 0 aliphatic rings. The smallest absolute Gasteiger partial charge is 0.292 e. The lowest BCUT2D eigenvalue weighted by Gasteiger charge is -2.09. The molecule has 0 unspecified atom stereocenters. The Morgan fingerprint density at radius 3 is 2.71 bits per heavy atom. The lowest BCUT2D eigenvalue weighted by molar-refractivity contribution is 0.635. The molecule has 0 fully saturated rings. The Morgan fingerprint density at radius 2 is 2.00 bits per heavy atom. The largest absolute Gasteiger partial charge is 0.331 e. The quantitative estimate of drug-likeness (QED) is 0.757. The number of benzene rings is 1. The molecule has 5 nitrogen and oxygen atoms in total. The van der Waals surface area contributed by atoms with Crippen LogP contribution in [-0.4, -0.2) is 9.13 Å². The van der Waals surface area contributed by atoms with Crippen LogP contribution in [0.3, 0.4) is 0 Å². The van der Waals surface area contributed by atoms with Gasteiger partial charge in [0.15, 0.2) is 0 Å². The standard InChI is InChI=1S/C12H11N3O2/c1-14-11(16)9-5-2-3-6-10(9)15(12(14)17)8-4-7-13/h2-3,5-6H,4,8H2,1H3. The fourth-order valence-electron chi connectivity index (χ4n) is 1.82. The molecule has 1 heterocycles. The van der Waals surface area contributed by atoms with E-state index < -0.39 is 0 Å². The molecule has 17 heavy (non-hydrogen) atoms. The summed E-state index contributed by atoms with van der Waals surface area (Å²) in [4.78, 5) is 23.8. The number of nitriles is 1. The molecule has 0 saturated heterocycles. The maximum absolute atomic E-state index is 11.9. The van der Waals surface area contributed by atoms with Crippen LogP contribution in [0.15, 0.2) is 33.9 Å². The van der Waals surface area contributed by atoms with Crippen LogP contribution < -0.4 is 11.2 Å². The van der Waals surface area contributed by atoms with E-state index in [0.717, 1.165) is 4.57 Å². The van der Waals surface area contributed by atoms with E-state index in [4.69, 9.17) is 5.26 Å². The second kappa shape index (κ2) is 4.26. The van der Waals surface area contributed by atoms with Crippen molar-refractivity contribution in [3.63, 3.8) is 0 Å². The van der Waals surface area contributed by atoms with Gasteiger partial charge in [0, 0.05) is 13.6 Å². The van der Waals surface area contributed by atoms with Crippen molar-refractivity contribution in [2.45, 2.75) is 13.0 Å². The van der Waals surface area contributed by atoms with Crippen LogP contribution in [0.2, 0.25) is 0 Å². The summed E-state index contributed by atoms with van der Waals surface area (Å²) in [5.74, 6) is 0. The molecule has 1 aromatic heterocycles. The van der Waals surface area contributed by atoms with Gasteiger partial charge in [-0.05, 0) is 12.1 Å². The van der Waals surface area contributed by atoms with Gasteiger partial charge in [-0.15, -0.1) is 0 Å². The maximum Gasteiger partial charge on any atom is 0.331 e. The van der Waals surface area contributed by atoms with Gasteiger partial charge in [0.2, 0.25) is 0 Å². The first-order valence-corrected chi connectivity index (χ1v) is 5.22. The Labute approximate surface area is 97.1 Å². The summed E-state index contributed by atoms with van der Waals surface area (Å²) in [6.07, 6.45) is 0.238. The van der Waals surface area contributed by atoms with Crippen LogP contribution in [0.4, 0.5) is 0 Å². The number of nitrogens with zero attached hydrogens (tertiary/aromatic N) is 3. The van der Waals surface area contributed by atoms with Gasteiger partial charge in [-0.2, -0.15) is 5.26 Å². The van der Waals surface area contributed by atoms with E-state index in [1.807, 2.05) is 6.07 Å². The molecule has 0 spiro atoms. The van der Waals surface area contributed by atoms with Crippen LogP contribution >= 0.6 is 0 Å². The van der Waals surface area contributed by atoms with E-state index in [9.17, 15) is 9.59 Å². The van der Waals surface area contributed by atoms with Crippen molar-refractivity contribution in [3.05, 3.63) is 45.1 Å². The molecule has 0 amide bonds. The van der Waals surface area contributed by atoms with E-state index in [1.165, 1.54) is 11.6 Å². The zero-order valence-electron chi connectivity index (χ0n) is 9.38. The van der Waals surface area contributed by atoms with Crippen LogP contribution in [-0.2, 0) is 13.6 Å². The van der Waals surface area contributed by atoms with Gasteiger partial charge >= 0.3 is 5.69 Å². The Morgan fingerprint density at radius 1 is 1.29 bits per heavy atom. The predicted octanol–water partition coefficient (Wildman–Crippen LogP) is 0.614. The zero-order chi connectivity index (χ0) is 12.4. The number of hydrogen-bond acceptors (Lipinski definition) is 3. The van der Waals surface area contributed by atoms with Crippen molar-refractivity contribution in [1.82, 2.24) is 9.13 Å². The highest BCUT2D eigenvalue weighted by Crippen LogP contribution is 2.07. The molecule has 0 bridgehead atoms. The minimum atomic E-state index is -0.385. The molecule has 0 N–H and O–H groups in total.